The summed E-state index contributed by atoms with van der Waals surface area (Å²) in [6.07, 6.45) is 1.35. The van der Waals surface area contributed by atoms with Crippen molar-refractivity contribution in [1.29, 1.82) is 0 Å². The van der Waals surface area contributed by atoms with E-state index in [2.05, 4.69) is 5.32 Å². The fourth-order valence-electron chi connectivity index (χ4n) is 1.77. The van der Waals surface area contributed by atoms with Crippen LogP contribution in [0, 0.1) is 0 Å². The number of carbonyl (C=O) groups is 2. The molecule has 0 bridgehead atoms. The molecule has 0 aliphatic carbocycles. The zero-order chi connectivity index (χ0) is 13.8. The van der Waals surface area contributed by atoms with Crippen LogP contribution in [0.5, 0.6) is 0 Å². The third kappa shape index (κ3) is 2.80. The lowest BCUT2D eigenvalue weighted by atomic mass is 10.1. The molecule has 2 N–H and O–H groups in total. The first-order chi connectivity index (χ1) is 9.11. The maximum Gasteiger partial charge on any atom is 0.352 e. The first-order valence-electron chi connectivity index (χ1n) is 5.81. The van der Waals surface area contributed by atoms with Gasteiger partial charge in [0.05, 0.1) is 0 Å². The predicted molar refractivity (Wildman–Crippen MR) is 72.8 cm³/mol. The highest BCUT2D eigenvalue weighted by Crippen LogP contribution is 2.15. The third-order valence-electron chi connectivity index (χ3n) is 2.78. The number of carboxylic acid groups (broad SMARTS) is 1. The van der Waals surface area contributed by atoms with E-state index in [0.29, 0.717) is 5.56 Å². The summed E-state index contributed by atoms with van der Waals surface area (Å²) in [5.41, 5.74) is 0.303. The summed E-state index contributed by atoms with van der Waals surface area (Å²) in [4.78, 5) is 22.8. The van der Waals surface area contributed by atoms with E-state index in [4.69, 9.17) is 5.11 Å². The van der Waals surface area contributed by atoms with Crippen LogP contribution in [0.1, 0.15) is 17.3 Å². The Balaban J connectivity index is 2.29. The Bertz CT molecular complexity index is 674. The van der Waals surface area contributed by atoms with Gasteiger partial charge in [-0.3, -0.25) is 4.79 Å². The summed E-state index contributed by atoms with van der Waals surface area (Å²) in [5, 5.41) is 13.2. The summed E-state index contributed by atoms with van der Waals surface area (Å²) >= 11 is 0. The summed E-state index contributed by atoms with van der Waals surface area (Å²) in [5.74, 6) is -1.59. The number of aliphatic carboxylic acids is 1. The number of hydrogen-bond acceptors (Lipinski definition) is 2. The minimum absolute atomic E-state index is 0.127. The lowest BCUT2D eigenvalue weighted by Crippen LogP contribution is -2.27. The van der Waals surface area contributed by atoms with E-state index >= 15 is 0 Å². The Hall–Kier alpha value is -2.62. The van der Waals surface area contributed by atoms with Crippen molar-refractivity contribution in [3.05, 3.63) is 59.8 Å². The molecule has 0 saturated carbocycles. The summed E-state index contributed by atoms with van der Waals surface area (Å²) in [6.45, 7) is 1.56. The second kappa shape index (κ2) is 5.35. The highest BCUT2D eigenvalue weighted by Gasteiger charge is 2.12. The molecule has 0 aromatic heterocycles. The number of allylic oxidation sites excluding steroid dienone is 1. The van der Waals surface area contributed by atoms with Crippen LogP contribution in [-0.2, 0) is 4.79 Å². The van der Waals surface area contributed by atoms with Gasteiger partial charge in [0.2, 0.25) is 0 Å². The monoisotopic (exact) mass is 255 g/mol. The van der Waals surface area contributed by atoms with E-state index in [1.165, 1.54) is 6.08 Å². The van der Waals surface area contributed by atoms with E-state index in [9.17, 15) is 9.59 Å². The van der Waals surface area contributed by atoms with Gasteiger partial charge in [-0.25, -0.2) is 4.79 Å². The van der Waals surface area contributed by atoms with Gasteiger partial charge in [0.1, 0.15) is 5.70 Å². The fourth-order valence-corrected chi connectivity index (χ4v) is 1.77. The lowest BCUT2D eigenvalue weighted by molar-refractivity contribution is -0.133. The molecule has 2 aromatic rings. The number of hydrogen-bond donors (Lipinski definition) is 2. The summed E-state index contributed by atoms with van der Waals surface area (Å²) in [6, 6.07) is 12.9. The third-order valence-corrected chi connectivity index (χ3v) is 2.78. The second-order valence-electron chi connectivity index (χ2n) is 4.02. The minimum atomic E-state index is -1.16. The van der Waals surface area contributed by atoms with Crippen molar-refractivity contribution in [2.24, 2.45) is 0 Å². The SMILES string of the molecule is C/C=C(/NC(=O)c1ccc2ccccc2c1)C(=O)O. The van der Waals surface area contributed by atoms with Crippen LogP contribution in [0.2, 0.25) is 0 Å². The van der Waals surface area contributed by atoms with Gasteiger partial charge in [0.25, 0.3) is 5.91 Å². The van der Waals surface area contributed by atoms with E-state index in [0.717, 1.165) is 10.8 Å². The van der Waals surface area contributed by atoms with Crippen LogP contribution in [-0.4, -0.2) is 17.0 Å². The Morgan fingerprint density at radius 1 is 1.11 bits per heavy atom. The zero-order valence-corrected chi connectivity index (χ0v) is 10.4. The van der Waals surface area contributed by atoms with Crippen molar-refractivity contribution < 1.29 is 14.7 Å². The van der Waals surface area contributed by atoms with Crippen LogP contribution < -0.4 is 5.32 Å². The van der Waals surface area contributed by atoms with Gasteiger partial charge in [-0.1, -0.05) is 36.4 Å². The van der Waals surface area contributed by atoms with E-state index in [-0.39, 0.29) is 5.70 Å². The normalized spacial score (nSPS) is 11.3. The standard InChI is InChI=1S/C15H13NO3/c1-2-13(15(18)19)16-14(17)12-8-7-10-5-3-4-6-11(10)9-12/h2-9H,1H3,(H,16,17)(H,18,19)/b13-2+. The maximum absolute atomic E-state index is 11.9. The number of nitrogens with one attached hydrogen (secondary N) is 1. The predicted octanol–water partition coefficient (Wildman–Crippen LogP) is 2.56. The van der Waals surface area contributed by atoms with Crippen LogP contribution in [0.4, 0.5) is 0 Å². The van der Waals surface area contributed by atoms with Gasteiger partial charge < -0.3 is 10.4 Å². The summed E-state index contributed by atoms with van der Waals surface area (Å²) in [7, 11) is 0. The Kier molecular flexibility index (Phi) is 3.61. The molecule has 0 heterocycles. The van der Waals surface area contributed by atoms with Crippen LogP contribution >= 0.6 is 0 Å². The van der Waals surface area contributed by atoms with E-state index in [1.807, 2.05) is 30.3 Å². The van der Waals surface area contributed by atoms with Gasteiger partial charge in [0.15, 0.2) is 0 Å². The number of carbonyl (C=O) groups excluding carboxylic acids is 1. The molecule has 96 valence electrons. The first-order valence-corrected chi connectivity index (χ1v) is 5.81. The largest absolute Gasteiger partial charge is 0.477 e. The maximum atomic E-state index is 11.9. The average molecular weight is 255 g/mol. The van der Waals surface area contributed by atoms with Crippen molar-refractivity contribution in [3.63, 3.8) is 0 Å². The smallest absolute Gasteiger partial charge is 0.352 e. The summed E-state index contributed by atoms with van der Waals surface area (Å²) < 4.78 is 0. The van der Waals surface area contributed by atoms with Gasteiger partial charge in [-0.2, -0.15) is 0 Å². The Labute approximate surface area is 110 Å². The molecule has 2 rings (SSSR count). The van der Waals surface area contributed by atoms with Crippen LogP contribution in [0.15, 0.2) is 54.2 Å². The molecule has 2 aromatic carbocycles. The molecule has 4 heteroatoms. The van der Waals surface area contributed by atoms with E-state index < -0.39 is 11.9 Å². The molecule has 19 heavy (non-hydrogen) atoms. The number of amides is 1. The molecule has 0 unspecified atom stereocenters. The van der Waals surface area contributed by atoms with Gasteiger partial charge in [-0.15, -0.1) is 0 Å². The number of fused-ring (bicyclic) bond motifs is 1. The topological polar surface area (TPSA) is 66.4 Å². The van der Waals surface area contributed by atoms with Crippen molar-refractivity contribution in [2.45, 2.75) is 6.92 Å². The Morgan fingerprint density at radius 3 is 2.42 bits per heavy atom. The molecule has 0 aliphatic heterocycles. The highest BCUT2D eigenvalue weighted by atomic mass is 16.4. The van der Waals surface area contributed by atoms with Gasteiger partial charge in [0, 0.05) is 5.56 Å². The number of benzene rings is 2. The molecular formula is C15H13NO3. The van der Waals surface area contributed by atoms with Crippen LogP contribution in [0.3, 0.4) is 0 Å². The molecule has 0 aliphatic rings. The van der Waals surface area contributed by atoms with Crippen LogP contribution in [0.25, 0.3) is 10.8 Å². The Morgan fingerprint density at radius 2 is 1.79 bits per heavy atom. The van der Waals surface area contributed by atoms with Crippen molar-refractivity contribution in [2.75, 3.05) is 0 Å². The number of rotatable bonds is 3. The molecule has 1 amide bonds. The van der Waals surface area contributed by atoms with Gasteiger partial charge in [-0.05, 0) is 29.8 Å². The molecular weight excluding hydrogens is 242 g/mol. The van der Waals surface area contributed by atoms with Crippen molar-refractivity contribution in [3.8, 4) is 0 Å². The molecule has 0 radical (unpaired) electrons. The lowest BCUT2D eigenvalue weighted by Gasteiger charge is -2.06. The van der Waals surface area contributed by atoms with E-state index in [1.54, 1.807) is 19.1 Å². The molecule has 0 saturated heterocycles. The zero-order valence-electron chi connectivity index (χ0n) is 10.4. The highest BCUT2D eigenvalue weighted by molar-refractivity contribution is 6.02. The molecule has 0 spiro atoms. The molecule has 0 atom stereocenters. The van der Waals surface area contributed by atoms with Crippen molar-refractivity contribution in [1.82, 2.24) is 5.32 Å². The quantitative estimate of drug-likeness (QED) is 0.828. The van der Waals surface area contributed by atoms with Crippen molar-refractivity contribution >= 4 is 22.6 Å². The minimum Gasteiger partial charge on any atom is -0.477 e. The average Bonchev–Trinajstić information content (AvgIpc) is 2.43. The first kappa shape index (κ1) is 12.8. The van der Waals surface area contributed by atoms with Gasteiger partial charge >= 0.3 is 5.97 Å². The fraction of sp³-hybridized carbons (Fsp3) is 0.0667. The number of carboxylic acids is 1. The molecule has 4 nitrogen and oxygen atoms in total. The second-order valence-corrected chi connectivity index (χ2v) is 4.02. The molecule has 0 fully saturated rings.